The molecule has 200 valence electrons. The topological polar surface area (TPSA) is 125 Å². The van der Waals surface area contributed by atoms with Gasteiger partial charge >= 0.3 is 0 Å². The first kappa shape index (κ1) is 30.0. The summed E-state index contributed by atoms with van der Waals surface area (Å²) in [5, 5.41) is 23.2. The first-order chi connectivity index (χ1) is 17.2. The molecule has 0 fully saturated rings. The van der Waals surface area contributed by atoms with Crippen LogP contribution in [-0.4, -0.2) is 78.3 Å². The van der Waals surface area contributed by atoms with Crippen molar-refractivity contribution >= 4 is 40.7 Å². The highest BCUT2D eigenvalue weighted by atomic mass is 127. The van der Waals surface area contributed by atoms with Crippen LogP contribution in [0.3, 0.4) is 0 Å². The van der Waals surface area contributed by atoms with Gasteiger partial charge < -0.3 is 29.9 Å². The van der Waals surface area contributed by atoms with E-state index in [1.165, 1.54) is 13.2 Å². The number of rotatable bonds is 13. The number of amides is 2. The fraction of sp³-hybridized carbons (Fsp3) is 0.577. The zero-order valence-electron chi connectivity index (χ0n) is 21.3. The third-order valence-corrected chi connectivity index (χ3v) is 6.79. The molecule has 0 heterocycles. The Labute approximate surface area is 226 Å². The van der Waals surface area contributed by atoms with Crippen molar-refractivity contribution in [1.82, 2.24) is 10.2 Å². The van der Waals surface area contributed by atoms with Crippen LogP contribution >= 0.6 is 22.6 Å². The van der Waals surface area contributed by atoms with Crippen molar-refractivity contribution in [2.45, 2.75) is 64.7 Å². The standard InChI is InChI=1S/C26H37IN2O7/c1-5-6-23(32)29(9-7-16(2)3)20-13-18(26(34)28-8-10-30)14-21(24(20)33)36-25-19(27)11-17(15-31)12-22(25)35-4/h11-12,14-16,20-21,24,30,33H,5-10,13H2,1-4H3,(H,28,34)/t20-,21+,24+/m1/s1. The fourth-order valence-corrected chi connectivity index (χ4v) is 4.82. The monoisotopic (exact) mass is 616 g/mol. The number of aliphatic hydroxyl groups is 2. The number of nitrogens with zero attached hydrogens (tertiary/aromatic N) is 1. The van der Waals surface area contributed by atoms with E-state index in [2.05, 4.69) is 19.2 Å². The maximum atomic E-state index is 13.1. The Morgan fingerprint density at radius 3 is 2.64 bits per heavy atom. The van der Waals surface area contributed by atoms with E-state index in [1.807, 2.05) is 29.5 Å². The molecule has 1 aliphatic rings. The van der Waals surface area contributed by atoms with Crippen molar-refractivity contribution in [3.63, 3.8) is 0 Å². The second-order valence-corrected chi connectivity index (χ2v) is 10.3. The molecule has 0 saturated heterocycles. The van der Waals surface area contributed by atoms with Crippen LogP contribution in [0.15, 0.2) is 23.8 Å². The van der Waals surface area contributed by atoms with Crippen molar-refractivity contribution < 1.29 is 34.1 Å². The molecule has 36 heavy (non-hydrogen) atoms. The molecule has 3 atom stereocenters. The van der Waals surface area contributed by atoms with Crippen molar-refractivity contribution in [2.24, 2.45) is 5.92 Å². The minimum Gasteiger partial charge on any atom is -0.493 e. The smallest absolute Gasteiger partial charge is 0.247 e. The van der Waals surface area contributed by atoms with Gasteiger partial charge in [0.15, 0.2) is 11.5 Å². The summed E-state index contributed by atoms with van der Waals surface area (Å²) in [4.78, 5) is 38.9. The predicted molar refractivity (Wildman–Crippen MR) is 144 cm³/mol. The van der Waals surface area contributed by atoms with E-state index in [0.717, 1.165) is 6.42 Å². The van der Waals surface area contributed by atoms with Gasteiger partial charge in [-0.05, 0) is 59.6 Å². The van der Waals surface area contributed by atoms with Crippen molar-refractivity contribution in [1.29, 1.82) is 0 Å². The molecule has 2 rings (SSSR count). The maximum Gasteiger partial charge on any atom is 0.247 e. The second-order valence-electron chi connectivity index (χ2n) is 9.19. The van der Waals surface area contributed by atoms with E-state index >= 15 is 0 Å². The molecular formula is C26H37IN2O7. The maximum absolute atomic E-state index is 13.1. The van der Waals surface area contributed by atoms with Crippen LogP contribution in [0.2, 0.25) is 0 Å². The molecule has 1 aromatic rings. The number of aliphatic hydroxyl groups excluding tert-OH is 2. The van der Waals surface area contributed by atoms with Gasteiger partial charge in [0.2, 0.25) is 11.8 Å². The number of ether oxygens (including phenoxy) is 2. The van der Waals surface area contributed by atoms with Crippen LogP contribution < -0.4 is 14.8 Å². The van der Waals surface area contributed by atoms with E-state index in [0.29, 0.717) is 57.8 Å². The Hall–Kier alpha value is -2.18. The normalized spacial score (nSPS) is 19.4. The number of carbonyl (C=O) groups is 3. The first-order valence-electron chi connectivity index (χ1n) is 12.2. The molecule has 0 aliphatic heterocycles. The van der Waals surface area contributed by atoms with Crippen LogP contribution in [0, 0.1) is 9.49 Å². The molecule has 10 heteroatoms. The highest BCUT2D eigenvalue weighted by Crippen LogP contribution is 2.37. The number of hydrogen-bond donors (Lipinski definition) is 3. The van der Waals surface area contributed by atoms with Gasteiger partial charge in [-0.1, -0.05) is 20.8 Å². The van der Waals surface area contributed by atoms with Gasteiger partial charge in [-0.15, -0.1) is 0 Å². The summed E-state index contributed by atoms with van der Waals surface area (Å²) < 4.78 is 12.2. The number of methoxy groups -OCH3 is 1. The summed E-state index contributed by atoms with van der Waals surface area (Å²) in [5.74, 6) is 0.518. The summed E-state index contributed by atoms with van der Waals surface area (Å²) in [6.07, 6.45) is 2.09. The Balaban J connectivity index is 2.49. The van der Waals surface area contributed by atoms with Crippen LogP contribution in [-0.2, 0) is 9.59 Å². The Bertz CT molecular complexity index is 950. The molecule has 0 unspecified atom stereocenters. The van der Waals surface area contributed by atoms with Gasteiger partial charge in [0, 0.05) is 37.1 Å². The molecule has 0 aromatic heterocycles. The third-order valence-electron chi connectivity index (χ3n) is 5.99. The third kappa shape index (κ3) is 7.91. The number of nitrogens with one attached hydrogen (secondary N) is 1. The SMILES string of the molecule is CCCC(=O)N(CCC(C)C)[C@@H]1CC(C(=O)NCCO)=C[C@H](Oc2c(I)cc(C=O)cc2OC)[C@H]1O. The number of halogens is 1. The molecular weight excluding hydrogens is 579 g/mol. The molecule has 0 spiro atoms. The number of benzene rings is 1. The van der Waals surface area contributed by atoms with E-state index in [4.69, 9.17) is 14.6 Å². The fourth-order valence-electron chi connectivity index (χ4n) is 4.07. The second kappa shape index (κ2) is 14.5. The van der Waals surface area contributed by atoms with Gasteiger partial charge in [-0.3, -0.25) is 14.4 Å². The Morgan fingerprint density at radius 2 is 2.06 bits per heavy atom. The van der Waals surface area contributed by atoms with Crippen LogP contribution in [0.25, 0.3) is 0 Å². The lowest BCUT2D eigenvalue weighted by molar-refractivity contribution is -0.138. The molecule has 1 aromatic carbocycles. The van der Waals surface area contributed by atoms with E-state index in [-0.39, 0.29) is 31.4 Å². The molecule has 0 radical (unpaired) electrons. The Morgan fingerprint density at radius 1 is 1.33 bits per heavy atom. The van der Waals surface area contributed by atoms with E-state index in [1.54, 1.807) is 17.0 Å². The van der Waals surface area contributed by atoms with Crippen molar-refractivity contribution in [2.75, 3.05) is 26.8 Å². The van der Waals surface area contributed by atoms with Crippen molar-refractivity contribution in [3.8, 4) is 11.5 Å². The number of aldehydes is 1. The molecule has 0 saturated carbocycles. The highest BCUT2D eigenvalue weighted by molar-refractivity contribution is 14.1. The van der Waals surface area contributed by atoms with Gasteiger partial charge in [-0.2, -0.15) is 0 Å². The summed E-state index contributed by atoms with van der Waals surface area (Å²) in [7, 11) is 1.45. The molecule has 9 nitrogen and oxygen atoms in total. The summed E-state index contributed by atoms with van der Waals surface area (Å²) >= 11 is 2.02. The summed E-state index contributed by atoms with van der Waals surface area (Å²) in [5.41, 5.74) is 0.774. The average molecular weight is 616 g/mol. The molecule has 3 N–H and O–H groups in total. The molecule has 2 amide bonds. The highest BCUT2D eigenvalue weighted by Gasteiger charge is 2.40. The van der Waals surface area contributed by atoms with Crippen LogP contribution in [0.1, 0.15) is 56.8 Å². The number of carbonyl (C=O) groups excluding carboxylic acids is 3. The lowest BCUT2D eigenvalue weighted by atomic mass is 9.87. The predicted octanol–water partition coefficient (Wildman–Crippen LogP) is 2.70. The number of hydrogen-bond acceptors (Lipinski definition) is 7. The van der Waals surface area contributed by atoms with Crippen molar-refractivity contribution in [3.05, 3.63) is 32.9 Å². The largest absolute Gasteiger partial charge is 0.493 e. The summed E-state index contributed by atoms with van der Waals surface area (Å²) in [6, 6.07) is 2.50. The van der Waals surface area contributed by atoms with E-state index < -0.39 is 18.2 Å². The van der Waals surface area contributed by atoms with Gasteiger partial charge in [0.25, 0.3) is 0 Å². The lowest BCUT2D eigenvalue weighted by Crippen LogP contribution is -2.55. The quantitative estimate of drug-likeness (QED) is 0.230. The summed E-state index contributed by atoms with van der Waals surface area (Å²) in [6.45, 7) is 6.38. The minimum atomic E-state index is -1.11. The van der Waals surface area contributed by atoms with E-state index in [9.17, 15) is 19.5 Å². The van der Waals surface area contributed by atoms with Crippen LogP contribution in [0.4, 0.5) is 0 Å². The van der Waals surface area contributed by atoms with Gasteiger partial charge in [0.05, 0.1) is 23.3 Å². The zero-order chi connectivity index (χ0) is 26.8. The minimum absolute atomic E-state index is 0.0829. The van der Waals surface area contributed by atoms with Crippen LogP contribution in [0.5, 0.6) is 11.5 Å². The van der Waals surface area contributed by atoms with Gasteiger partial charge in [-0.25, -0.2) is 0 Å². The average Bonchev–Trinajstić information content (AvgIpc) is 2.85. The molecule has 1 aliphatic carbocycles. The zero-order valence-corrected chi connectivity index (χ0v) is 23.5. The lowest BCUT2D eigenvalue weighted by Gasteiger charge is -2.41. The molecule has 0 bridgehead atoms. The van der Waals surface area contributed by atoms with Gasteiger partial charge in [0.1, 0.15) is 18.5 Å². The Kier molecular flexibility index (Phi) is 12.1. The first-order valence-corrected chi connectivity index (χ1v) is 13.3.